The predicted molar refractivity (Wildman–Crippen MR) is 67.7 cm³/mol. The summed E-state index contributed by atoms with van der Waals surface area (Å²) in [6.07, 6.45) is 2.07. The summed E-state index contributed by atoms with van der Waals surface area (Å²) in [7, 11) is 0. The van der Waals surface area contributed by atoms with Gasteiger partial charge >= 0.3 is 5.97 Å². The molecule has 0 spiro atoms. The minimum atomic E-state index is -0.519. The molecule has 1 aromatic carbocycles. The highest BCUT2D eigenvalue weighted by molar-refractivity contribution is 5.90. The maximum Gasteiger partial charge on any atom is 0.340 e. The number of hydrogen-bond acceptors (Lipinski definition) is 3. The van der Waals surface area contributed by atoms with E-state index in [-0.39, 0.29) is 5.97 Å². The van der Waals surface area contributed by atoms with Crippen molar-refractivity contribution in [2.45, 2.75) is 26.6 Å². The Hall–Kier alpha value is -1.61. The molecule has 0 aromatic heterocycles. The van der Waals surface area contributed by atoms with Crippen molar-refractivity contribution >= 4 is 12.0 Å². The van der Waals surface area contributed by atoms with Crippen LogP contribution in [0.2, 0.25) is 0 Å². The van der Waals surface area contributed by atoms with Gasteiger partial charge < -0.3 is 9.47 Å². The van der Waals surface area contributed by atoms with Crippen LogP contribution in [0.25, 0.3) is 6.08 Å². The summed E-state index contributed by atoms with van der Waals surface area (Å²) >= 11 is 0. The first-order chi connectivity index (χ1) is 8.17. The van der Waals surface area contributed by atoms with Gasteiger partial charge in [0, 0.05) is 0 Å². The molecule has 3 nitrogen and oxygen atoms in total. The van der Waals surface area contributed by atoms with Crippen LogP contribution >= 0.6 is 0 Å². The van der Waals surface area contributed by atoms with Crippen LogP contribution in [0.3, 0.4) is 0 Å². The van der Waals surface area contributed by atoms with Crippen molar-refractivity contribution in [3.8, 4) is 0 Å². The maximum absolute atomic E-state index is 11.7. The largest absolute Gasteiger partial charge is 0.432 e. The zero-order valence-corrected chi connectivity index (χ0v) is 10.3. The molecule has 0 aliphatic heterocycles. The van der Waals surface area contributed by atoms with Crippen molar-refractivity contribution in [3.63, 3.8) is 0 Å². The van der Waals surface area contributed by atoms with Crippen molar-refractivity contribution in [1.82, 2.24) is 0 Å². The highest BCUT2D eigenvalue weighted by Crippen LogP contribution is 2.09. The molecule has 0 aliphatic rings. The van der Waals surface area contributed by atoms with E-state index >= 15 is 0 Å². The van der Waals surface area contributed by atoms with Crippen molar-refractivity contribution in [1.29, 1.82) is 0 Å². The molecular weight excluding hydrogens is 216 g/mol. The van der Waals surface area contributed by atoms with E-state index in [9.17, 15) is 4.79 Å². The highest BCUT2D eigenvalue weighted by Gasteiger charge is 2.11. The molecule has 0 radical (unpaired) electrons. The fourth-order valence-electron chi connectivity index (χ4n) is 1.33. The average molecular weight is 234 g/mol. The fraction of sp³-hybridized carbons (Fsp3) is 0.357. The van der Waals surface area contributed by atoms with Gasteiger partial charge in [-0.25, -0.2) is 4.79 Å². The van der Waals surface area contributed by atoms with Gasteiger partial charge in [-0.2, -0.15) is 0 Å². The van der Waals surface area contributed by atoms with Crippen molar-refractivity contribution in [2.24, 2.45) is 0 Å². The van der Waals surface area contributed by atoms with Gasteiger partial charge in [0.25, 0.3) is 0 Å². The summed E-state index contributed by atoms with van der Waals surface area (Å²) in [6, 6.07) is 7.12. The molecule has 0 heterocycles. The second-order valence-corrected chi connectivity index (χ2v) is 3.67. The second kappa shape index (κ2) is 6.86. The molecule has 0 saturated carbocycles. The molecule has 1 unspecified atom stereocenters. The lowest BCUT2D eigenvalue weighted by Gasteiger charge is -2.13. The molecule has 0 fully saturated rings. The monoisotopic (exact) mass is 234 g/mol. The summed E-state index contributed by atoms with van der Waals surface area (Å²) < 4.78 is 10.4. The number of ether oxygens (including phenoxy) is 2. The smallest absolute Gasteiger partial charge is 0.340 e. The lowest BCUT2D eigenvalue weighted by atomic mass is 10.1. The van der Waals surface area contributed by atoms with E-state index in [1.807, 2.05) is 13.0 Å². The second-order valence-electron chi connectivity index (χ2n) is 3.67. The molecule has 0 saturated heterocycles. The molecule has 0 aliphatic carbocycles. The Morgan fingerprint density at radius 3 is 2.94 bits per heavy atom. The van der Waals surface area contributed by atoms with Crippen LogP contribution in [0.5, 0.6) is 0 Å². The molecule has 1 atom stereocenters. The Kier molecular flexibility index (Phi) is 5.43. The number of hydrogen-bond donors (Lipinski definition) is 0. The molecular formula is C14H18O3. The third kappa shape index (κ3) is 4.41. The molecule has 1 aromatic rings. The fourth-order valence-corrected chi connectivity index (χ4v) is 1.33. The Balaban J connectivity index is 2.59. The highest BCUT2D eigenvalue weighted by atomic mass is 16.7. The van der Waals surface area contributed by atoms with E-state index in [1.54, 1.807) is 31.2 Å². The Morgan fingerprint density at radius 2 is 2.29 bits per heavy atom. The number of carbonyl (C=O) groups is 1. The van der Waals surface area contributed by atoms with E-state index in [1.165, 1.54) is 0 Å². The Labute approximate surface area is 102 Å². The van der Waals surface area contributed by atoms with Crippen molar-refractivity contribution < 1.29 is 14.3 Å². The molecule has 3 heteroatoms. The van der Waals surface area contributed by atoms with Crippen LogP contribution < -0.4 is 0 Å². The third-order valence-corrected chi connectivity index (χ3v) is 2.19. The minimum Gasteiger partial charge on any atom is -0.432 e. The van der Waals surface area contributed by atoms with Gasteiger partial charge in [-0.3, -0.25) is 0 Å². The van der Waals surface area contributed by atoms with Crippen LogP contribution in [0.15, 0.2) is 30.8 Å². The van der Waals surface area contributed by atoms with Crippen molar-refractivity contribution in [2.75, 3.05) is 6.61 Å². The van der Waals surface area contributed by atoms with Gasteiger partial charge in [-0.05, 0) is 31.0 Å². The predicted octanol–water partition coefficient (Wildman–Crippen LogP) is 3.26. The van der Waals surface area contributed by atoms with Crippen LogP contribution in [0.4, 0.5) is 0 Å². The first-order valence-corrected chi connectivity index (χ1v) is 5.72. The van der Waals surface area contributed by atoms with E-state index < -0.39 is 6.29 Å². The van der Waals surface area contributed by atoms with Gasteiger partial charge in [0.05, 0.1) is 12.2 Å². The maximum atomic E-state index is 11.7. The van der Waals surface area contributed by atoms with Crippen LogP contribution in [0.1, 0.15) is 36.2 Å². The first-order valence-electron chi connectivity index (χ1n) is 5.72. The summed E-state index contributed by atoms with van der Waals surface area (Å²) in [6.45, 7) is 7.96. The lowest BCUT2D eigenvalue weighted by Crippen LogP contribution is -2.18. The minimum absolute atomic E-state index is 0.377. The first kappa shape index (κ1) is 13.5. The van der Waals surface area contributed by atoms with Gasteiger partial charge in [-0.1, -0.05) is 31.7 Å². The quantitative estimate of drug-likeness (QED) is 0.560. The van der Waals surface area contributed by atoms with Crippen LogP contribution in [0, 0.1) is 0 Å². The summed E-state index contributed by atoms with van der Waals surface area (Å²) in [5.74, 6) is -0.377. The average Bonchev–Trinajstić information content (AvgIpc) is 2.36. The zero-order valence-electron chi connectivity index (χ0n) is 10.3. The summed E-state index contributed by atoms with van der Waals surface area (Å²) in [5.41, 5.74) is 1.40. The number of esters is 1. The molecule has 17 heavy (non-hydrogen) atoms. The lowest BCUT2D eigenvalue weighted by molar-refractivity contribution is -0.0977. The van der Waals surface area contributed by atoms with Crippen molar-refractivity contribution in [3.05, 3.63) is 42.0 Å². The standard InChI is InChI=1S/C14H18O3/c1-4-9-16-11(3)17-14(15)13-8-6-7-12(5-2)10-13/h5-8,10-11H,2,4,9H2,1,3H3. The van der Waals surface area contributed by atoms with Crippen LogP contribution in [-0.2, 0) is 9.47 Å². The SMILES string of the molecule is C=Cc1cccc(C(=O)OC(C)OCCC)c1. The van der Waals surface area contributed by atoms with E-state index in [0.717, 1.165) is 12.0 Å². The molecule has 92 valence electrons. The molecule has 0 amide bonds. The van der Waals surface area contributed by atoms with E-state index in [0.29, 0.717) is 12.2 Å². The van der Waals surface area contributed by atoms with Crippen LogP contribution in [-0.4, -0.2) is 18.9 Å². The molecule has 0 N–H and O–H groups in total. The third-order valence-electron chi connectivity index (χ3n) is 2.19. The molecule has 1 rings (SSSR count). The van der Waals surface area contributed by atoms with Gasteiger partial charge in [-0.15, -0.1) is 0 Å². The molecule has 0 bridgehead atoms. The zero-order chi connectivity index (χ0) is 12.7. The summed E-state index contributed by atoms with van der Waals surface area (Å²) in [5, 5.41) is 0. The Bertz CT molecular complexity index is 385. The summed E-state index contributed by atoms with van der Waals surface area (Å²) in [4.78, 5) is 11.7. The Morgan fingerprint density at radius 1 is 1.53 bits per heavy atom. The van der Waals surface area contributed by atoms with Gasteiger partial charge in [0.15, 0.2) is 6.29 Å². The number of rotatable bonds is 6. The number of carbonyl (C=O) groups excluding carboxylic acids is 1. The van der Waals surface area contributed by atoms with Gasteiger partial charge in [0.2, 0.25) is 0 Å². The van der Waals surface area contributed by atoms with Gasteiger partial charge in [0.1, 0.15) is 0 Å². The number of benzene rings is 1. The van der Waals surface area contributed by atoms with E-state index in [2.05, 4.69) is 6.58 Å². The normalized spacial score (nSPS) is 11.9. The van der Waals surface area contributed by atoms with E-state index in [4.69, 9.17) is 9.47 Å². The topological polar surface area (TPSA) is 35.5 Å².